The number of nitrogens with one attached hydrogen (secondary N) is 2. The Morgan fingerprint density at radius 1 is 1.12 bits per heavy atom. The lowest BCUT2D eigenvalue weighted by atomic mass is 10.1. The summed E-state index contributed by atoms with van der Waals surface area (Å²) in [4.78, 5) is 3.23. The Morgan fingerprint density at radius 3 is 2.62 bits per heavy atom. The van der Waals surface area contributed by atoms with Gasteiger partial charge in [-0.25, -0.2) is 4.72 Å². The lowest BCUT2D eigenvalue weighted by molar-refractivity contribution is 0.306. The highest BCUT2D eigenvalue weighted by Crippen LogP contribution is 2.24. The Kier molecular flexibility index (Phi) is 5.61. The summed E-state index contributed by atoms with van der Waals surface area (Å²) < 4.78 is 33.1. The first kappa shape index (κ1) is 18.4. The molecule has 0 aliphatic rings. The van der Waals surface area contributed by atoms with Crippen LogP contribution in [0.15, 0.2) is 54.7 Å². The van der Waals surface area contributed by atoms with Crippen molar-refractivity contribution in [3.05, 3.63) is 65.9 Å². The fourth-order valence-electron chi connectivity index (χ4n) is 2.65. The summed E-state index contributed by atoms with van der Waals surface area (Å²) in [6.45, 7) is 0.867. The van der Waals surface area contributed by atoms with E-state index in [9.17, 15) is 8.42 Å². The number of benzene rings is 2. The molecule has 1 heterocycles. The third-order valence-corrected chi connectivity index (χ3v) is 5.68. The molecule has 3 aromatic rings. The molecule has 7 heteroatoms. The normalized spacial score (nSPS) is 12.0. The molecule has 26 heavy (non-hydrogen) atoms. The second-order valence-corrected chi connectivity index (χ2v) is 8.20. The zero-order chi connectivity index (χ0) is 18.6. The van der Waals surface area contributed by atoms with Gasteiger partial charge >= 0.3 is 0 Å². The number of hydrogen-bond donors (Lipinski definition) is 2. The van der Waals surface area contributed by atoms with E-state index in [4.69, 9.17) is 4.74 Å². The van der Waals surface area contributed by atoms with Crippen molar-refractivity contribution in [3.8, 4) is 5.75 Å². The van der Waals surface area contributed by atoms with E-state index in [0.29, 0.717) is 19.6 Å². The van der Waals surface area contributed by atoms with Crippen LogP contribution in [-0.4, -0.2) is 38.3 Å². The van der Waals surface area contributed by atoms with Gasteiger partial charge in [-0.3, -0.25) is 0 Å². The van der Waals surface area contributed by atoms with Crippen molar-refractivity contribution in [2.45, 2.75) is 13.0 Å². The predicted molar refractivity (Wildman–Crippen MR) is 103 cm³/mol. The smallest absolute Gasteiger partial charge is 0.278 e. The first-order chi connectivity index (χ1) is 12.5. The van der Waals surface area contributed by atoms with Crippen LogP contribution in [0.4, 0.5) is 0 Å². The lowest BCUT2D eigenvalue weighted by Crippen LogP contribution is -2.36. The number of nitrogens with zero attached hydrogens (tertiary/aromatic N) is 1. The van der Waals surface area contributed by atoms with Crippen LogP contribution >= 0.6 is 0 Å². The lowest BCUT2D eigenvalue weighted by Gasteiger charge is -2.12. The van der Waals surface area contributed by atoms with Crippen molar-refractivity contribution < 1.29 is 13.2 Å². The molecule has 0 saturated heterocycles. The Morgan fingerprint density at radius 2 is 1.88 bits per heavy atom. The zero-order valence-corrected chi connectivity index (χ0v) is 15.7. The number of hydrogen-bond acceptors (Lipinski definition) is 3. The maximum Gasteiger partial charge on any atom is 0.278 e. The van der Waals surface area contributed by atoms with Gasteiger partial charge in [-0.1, -0.05) is 30.3 Å². The quantitative estimate of drug-likeness (QED) is 0.637. The van der Waals surface area contributed by atoms with Crippen molar-refractivity contribution in [2.75, 3.05) is 20.6 Å². The molecule has 0 saturated carbocycles. The molecule has 2 N–H and O–H groups in total. The van der Waals surface area contributed by atoms with Gasteiger partial charge in [0.25, 0.3) is 10.2 Å². The van der Waals surface area contributed by atoms with Gasteiger partial charge in [0.1, 0.15) is 12.4 Å². The molecule has 0 bridgehead atoms. The number of H-pyrrole nitrogens is 1. The Hall–Kier alpha value is -2.35. The van der Waals surface area contributed by atoms with E-state index in [2.05, 4.69) is 9.71 Å². The van der Waals surface area contributed by atoms with Gasteiger partial charge in [0.2, 0.25) is 0 Å². The SMILES string of the molecule is CN(C)S(=O)(=O)NCCc1c[nH]c2cc(OCc3ccccc3)ccc12. The average Bonchev–Trinajstić information content (AvgIpc) is 3.03. The monoisotopic (exact) mass is 373 g/mol. The highest BCUT2D eigenvalue weighted by Gasteiger charge is 2.12. The molecule has 1 aromatic heterocycles. The third-order valence-electron chi connectivity index (χ3n) is 4.15. The van der Waals surface area contributed by atoms with E-state index in [1.54, 1.807) is 0 Å². The fourth-order valence-corrected chi connectivity index (χ4v) is 3.26. The summed E-state index contributed by atoms with van der Waals surface area (Å²) in [5, 5.41) is 1.07. The van der Waals surface area contributed by atoms with Crippen molar-refractivity contribution in [1.29, 1.82) is 0 Å². The van der Waals surface area contributed by atoms with Crippen molar-refractivity contribution >= 4 is 21.1 Å². The molecule has 0 atom stereocenters. The van der Waals surface area contributed by atoms with Crippen LogP contribution in [0.5, 0.6) is 5.75 Å². The van der Waals surface area contributed by atoms with Crippen molar-refractivity contribution in [2.24, 2.45) is 0 Å². The van der Waals surface area contributed by atoms with Crippen molar-refractivity contribution in [1.82, 2.24) is 14.0 Å². The molecule has 0 spiro atoms. The summed E-state index contributed by atoms with van der Waals surface area (Å²) in [5.41, 5.74) is 3.16. The number of rotatable bonds is 8. The first-order valence-corrected chi connectivity index (χ1v) is 9.83. The van der Waals surface area contributed by atoms with Crippen LogP contribution in [-0.2, 0) is 23.2 Å². The summed E-state index contributed by atoms with van der Waals surface area (Å²) >= 11 is 0. The Labute approximate surface area is 154 Å². The molecule has 138 valence electrons. The molecule has 2 aromatic carbocycles. The minimum absolute atomic E-state index is 0.347. The minimum Gasteiger partial charge on any atom is -0.489 e. The molecule has 0 aliphatic carbocycles. The van der Waals surface area contributed by atoms with E-state index >= 15 is 0 Å². The molecular formula is C19H23N3O3S. The Bertz CT molecular complexity index is 966. The minimum atomic E-state index is -3.39. The topological polar surface area (TPSA) is 74.4 Å². The molecule has 0 unspecified atom stereocenters. The largest absolute Gasteiger partial charge is 0.489 e. The van der Waals surface area contributed by atoms with Gasteiger partial charge in [0.05, 0.1) is 0 Å². The van der Waals surface area contributed by atoms with Gasteiger partial charge in [-0.05, 0) is 29.7 Å². The van der Waals surface area contributed by atoms with E-state index < -0.39 is 10.2 Å². The maximum atomic E-state index is 11.7. The van der Waals surface area contributed by atoms with Crippen LogP contribution in [0, 0.1) is 0 Å². The van der Waals surface area contributed by atoms with Gasteiger partial charge < -0.3 is 9.72 Å². The van der Waals surface area contributed by atoms with Gasteiger partial charge in [0, 0.05) is 43.8 Å². The molecule has 0 aliphatic heterocycles. The maximum absolute atomic E-state index is 11.7. The third kappa shape index (κ3) is 4.43. The summed E-state index contributed by atoms with van der Waals surface area (Å²) in [7, 11) is -0.382. The number of aromatic amines is 1. The number of aromatic nitrogens is 1. The van der Waals surface area contributed by atoms with Gasteiger partial charge in [0.15, 0.2) is 0 Å². The molecular weight excluding hydrogens is 350 g/mol. The van der Waals surface area contributed by atoms with Gasteiger partial charge in [-0.15, -0.1) is 0 Å². The number of fused-ring (bicyclic) bond motifs is 1. The highest BCUT2D eigenvalue weighted by molar-refractivity contribution is 7.87. The second-order valence-electron chi connectivity index (χ2n) is 6.23. The van der Waals surface area contributed by atoms with Crippen LogP contribution < -0.4 is 9.46 Å². The summed E-state index contributed by atoms with van der Waals surface area (Å²) in [5.74, 6) is 0.795. The van der Waals surface area contributed by atoms with Crippen LogP contribution in [0.3, 0.4) is 0 Å². The van der Waals surface area contributed by atoms with Crippen LogP contribution in [0.2, 0.25) is 0 Å². The summed E-state index contributed by atoms with van der Waals surface area (Å²) in [6, 6.07) is 15.9. The Balaban J connectivity index is 1.63. The molecule has 0 amide bonds. The van der Waals surface area contributed by atoms with Crippen LogP contribution in [0.1, 0.15) is 11.1 Å². The molecule has 0 fully saturated rings. The predicted octanol–water partition coefficient (Wildman–Crippen LogP) is 2.69. The zero-order valence-electron chi connectivity index (χ0n) is 14.9. The highest BCUT2D eigenvalue weighted by atomic mass is 32.2. The van der Waals surface area contributed by atoms with Crippen molar-refractivity contribution in [3.63, 3.8) is 0 Å². The fraction of sp³-hybridized carbons (Fsp3) is 0.263. The van der Waals surface area contributed by atoms with E-state index in [1.165, 1.54) is 18.4 Å². The second kappa shape index (κ2) is 7.90. The standard InChI is InChI=1S/C19H23N3O3S/c1-22(2)26(23,24)21-11-10-16-13-20-19-12-17(8-9-18(16)19)25-14-15-6-4-3-5-7-15/h3-9,12-13,20-21H,10-11,14H2,1-2H3. The van der Waals surface area contributed by atoms with E-state index in [0.717, 1.165) is 27.8 Å². The molecule has 6 nitrogen and oxygen atoms in total. The van der Waals surface area contributed by atoms with Gasteiger partial charge in [-0.2, -0.15) is 12.7 Å². The first-order valence-electron chi connectivity index (χ1n) is 8.39. The summed E-state index contributed by atoms with van der Waals surface area (Å²) in [6.07, 6.45) is 2.52. The van der Waals surface area contributed by atoms with E-state index in [1.807, 2.05) is 54.7 Å². The van der Waals surface area contributed by atoms with E-state index in [-0.39, 0.29) is 0 Å². The molecule has 0 radical (unpaired) electrons. The number of ether oxygens (including phenoxy) is 1. The average molecular weight is 373 g/mol. The van der Waals surface area contributed by atoms with Crippen LogP contribution in [0.25, 0.3) is 10.9 Å². The molecule has 3 rings (SSSR count).